The van der Waals surface area contributed by atoms with Crippen LogP contribution in [0.15, 0.2) is 47.4 Å². The molecule has 6 heteroatoms. The Labute approximate surface area is 181 Å². The molecule has 0 radical (unpaired) electrons. The van der Waals surface area contributed by atoms with Gasteiger partial charge in [-0.1, -0.05) is 57.0 Å². The number of methoxy groups -OCH3 is 1. The summed E-state index contributed by atoms with van der Waals surface area (Å²) in [5, 5.41) is 6.91. The number of hydrogen-bond acceptors (Lipinski definition) is 5. The Bertz CT molecular complexity index is 960. The van der Waals surface area contributed by atoms with Gasteiger partial charge in [-0.05, 0) is 43.1 Å². The van der Waals surface area contributed by atoms with Crippen molar-refractivity contribution in [2.45, 2.75) is 62.6 Å². The van der Waals surface area contributed by atoms with E-state index < -0.39 is 15.4 Å². The Kier molecular flexibility index (Phi) is 7.22. The number of sulfone groups is 1. The third kappa shape index (κ3) is 4.56. The Hall–Kier alpha value is -1.89. The maximum atomic E-state index is 13.7. The standard InChI is InChI=1S/C24H34N2O3S/c1-5-7-13-24(6-2)17-30(27,28)22-14-19(16-25-3)21(29-4)15-20(22)23(26-24)18-11-9-8-10-12-18/h8-12,14-15,23,25-26H,5-7,13,16-17H2,1-4H3/t23-,24+/m0/s1. The monoisotopic (exact) mass is 430 g/mol. The normalized spacial score (nSPS) is 22.9. The zero-order chi connectivity index (χ0) is 21.8. The highest BCUT2D eigenvalue weighted by molar-refractivity contribution is 7.91. The number of rotatable bonds is 8. The Morgan fingerprint density at radius 1 is 1.20 bits per heavy atom. The van der Waals surface area contributed by atoms with E-state index in [4.69, 9.17) is 4.74 Å². The van der Waals surface area contributed by atoms with Crippen LogP contribution in [0.1, 0.15) is 62.3 Å². The van der Waals surface area contributed by atoms with Crippen molar-refractivity contribution in [2.24, 2.45) is 0 Å². The summed E-state index contributed by atoms with van der Waals surface area (Å²) in [4.78, 5) is 0.418. The van der Waals surface area contributed by atoms with Gasteiger partial charge >= 0.3 is 0 Å². The van der Waals surface area contributed by atoms with Gasteiger partial charge in [0, 0.05) is 17.6 Å². The van der Waals surface area contributed by atoms with Crippen LogP contribution in [-0.2, 0) is 16.4 Å². The summed E-state index contributed by atoms with van der Waals surface area (Å²) in [5.74, 6) is 0.816. The van der Waals surface area contributed by atoms with Gasteiger partial charge in [0.1, 0.15) is 5.75 Å². The molecule has 2 N–H and O–H groups in total. The van der Waals surface area contributed by atoms with Gasteiger partial charge in [0.05, 0.1) is 23.8 Å². The molecule has 3 rings (SSSR count). The van der Waals surface area contributed by atoms with Gasteiger partial charge < -0.3 is 10.1 Å². The Morgan fingerprint density at radius 3 is 2.53 bits per heavy atom. The highest BCUT2D eigenvalue weighted by atomic mass is 32.2. The van der Waals surface area contributed by atoms with Gasteiger partial charge in [0.2, 0.25) is 0 Å². The summed E-state index contributed by atoms with van der Waals surface area (Å²) in [5.41, 5.74) is 2.22. The summed E-state index contributed by atoms with van der Waals surface area (Å²) in [7, 11) is 0.000396. The van der Waals surface area contributed by atoms with Crippen molar-refractivity contribution in [1.29, 1.82) is 0 Å². The van der Waals surface area contributed by atoms with E-state index in [9.17, 15) is 8.42 Å². The summed E-state index contributed by atoms with van der Waals surface area (Å²) >= 11 is 0. The van der Waals surface area contributed by atoms with Crippen LogP contribution in [0.4, 0.5) is 0 Å². The summed E-state index contributed by atoms with van der Waals surface area (Å²) < 4.78 is 33.0. The zero-order valence-electron chi connectivity index (χ0n) is 18.5. The van der Waals surface area contributed by atoms with E-state index in [0.717, 1.165) is 42.4 Å². The van der Waals surface area contributed by atoms with Crippen LogP contribution < -0.4 is 15.4 Å². The van der Waals surface area contributed by atoms with E-state index in [1.807, 2.05) is 37.4 Å². The maximum absolute atomic E-state index is 13.7. The molecule has 164 valence electrons. The molecule has 0 saturated carbocycles. The van der Waals surface area contributed by atoms with Crippen LogP contribution in [0.3, 0.4) is 0 Å². The second kappa shape index (κ2) is 9.50. The SMILES string of the molecule is CCCC[C@]1(CC)CS(=O)(=O)c2cc(CNC)c(OC)cc2[C@H](c2ccccc2)N1. The first-order valence-corrected chi connectivity index (χ1v) is 12.5. The average Bonchev–Trinajstić information content (AvgIpc) is 2.85. The zero-order valence-corrected chi connectivity index (χ0v) is 19.3. The lowest BCUT2D eigenvalue weighted by atomic mass is 9.88. The fraction of sp³-hybridized carbons (Fsp3) is 0.500. The summed E-state index contributed by atoms with van der Waals surface area (Å²) in [6.45, 7) is 4.78. The number of fused-ring (bicyclic) bond motifs is 1. The predicted molar refractivity (Wildman–Crippen MR) is 122 cm³/mol. The third-order valence-corrected chi connectivity index (χ3v) is 8.12. The molecule has 2 aromatic rings. The largest absolute Gasteiger partial charge is 0.496 e. The van der Waals surface area contributed by atoms with Crippen molar-refractivity contribution in [3.8, 4) is 5.75 Å². The minimum absolute atomic E-state index is 0.109. The molecule has 0 aliphatic carbocycles. The summed E-state index contributed by atoms with van der Waals surface area (Å²) in [6, 6.07) is 13.6. The van der Waals surface area contributed by atoms with Crippen molar-refractivity contribution in [2.75, 3.05) is 19.9 Å². The number of unbranched alkanes of at least 4 members (excludes halogenated alkanes) is 1. The van der Waals surface area contributed by atoms with Crippen molar-refractivity contribution in [1.82, 2.24) is 10.6 Å². The van der Waals surface area contributed by atoms with Crippen molar-refractivity contribution >= 4 is 9.84 Å². The smallest absolute Gasteiger partial charge is 0.180 e. The molecule has 2 atom stereocenters. The van der Waals surface area contributed by atoms with E-state index in [1.54, 1.807) is 7.11 Å². The minimum atomic E-state index is -3.48. The van der Waals surface area contributed by atoms with Crippen LogP contribution in [-0.4, -0.2) is 33.9 Å². The van der Waals surface area contributed by atoms with Crippen molar-refractivity contribution in [3.63, 3.8) is 0 Å². The van der Waals surface area contributed by atoms with Crippen LogP contribution in [0.2, 0.25) is 0 Å². The lowest BCUT2D eigenvalue weighted by Crippen LogP contribution is -2.50. The molecule has 0 aromatic heterocycles. The topological polar surface area (TPSA) is 67.4 Å². The third-order valence-electron chi connectivity index (χ3n) is 6.16. The number of nitrogens with one attached hydrogen (secondary N) is 2. The second-order valence-electron chi connectivity index (χ2n) is 8.22. The van der Waals surface area contributed by atoms with Crippen LogP contribution in [0.25, 0.3) is 0 Å². The van der Waals surface area contributed by atoms with E-state index in [2.05, 4.69) is 36.6 Å². The second-order valence-corrected chi connectivity index (χ2v) is 10.2. The maximum Gasteiger partial charge on any atom is 0.180 e. The van der Waals surface area contributed by atoms with Crippen LogP contribution >= 0.6 is 0 Å². The van der Waals surface area contributed by atoms with Crippen LogP contribution in [0, 0.1) is 0 Å². The fourth-order valence-electron chi connectivity index (χ4n) is 4.45. The lowest BCUT2D eigenvalue weighted by Gasteiger charge is -2.36. The minimum Gasteiger partial charge on any atom is -0.496 e. The molecule has 0 saturated heterocycles. The first-order chi connectivity index (χ1) is 14.4. The molecule has 1 aliphatic rings. The first-order valence-electron chi connectivity index (χ1n) is 10.8. The van der Waals surface area contributed by atoms with Gasteiger partial charge in [-0.2, -0.15) is 0 Å². The molecule has 0 amide bonds. The first kappa shape index (κ1) is 22.8. The van der Waals surface area contributed by atoms with E-state index in [-0.39, 0.29) is 11.8 Å². The molecular formula is C24H34N2O3S. The predicted octanol–water partition coefficient (Wildman–Crippen LogP) is 4.22. The Morgan fingerprint density at radius 2 is 1.93 bits per heavy atom. The van der Waals surface area contributed by atoms with E-state index >= 15 is 0 Å². The molecule has 0 bridgehead atoms. The highest BCUT2D eigenvalue weighted by Gasteiger charge is 2.42. The molecule has 2 aromatic carbocycles. The summed E-state index contributed by atoms with van der Waals surface area (Å²) in [6.07, 6.45) is 3.61. The Balaban J connectivity index is 2.26. The molecule has 0 spiro atoms. The van der Waals surface area contributed by atoms with Crippen molar-refractivity contribution < 1.29 is 13.2 Å². The number of ether oxygens (including phenoxy) is 1. The molecule has 1 aliphatic heterocycles. The molecule has 30 heavy (non-hydrogen) atoms. The molecule has 1 heterocycles. The molecule has 5 nitrogen and oxygen atoms in total. The fourth-order valence-corrected chi connectivity index (χ4v) is 6.62. The quantitative estimate of drug-likeness (QED) is 0.656. The van der Waals surface area contributed by atoms with E-state index in [1.165, 1.54) is 0 Å². The average molecular weight is 431 g/mol. The number of benzene rings is 2. The molecule has 0 fully saturated rings. The van der Waals surface area contributed by atoms with Gasteiger partial charge in [-0.3, -0.25) is 5.32 Å². The van der Waals surface area contributed by atoms with Gasteiger partial charge in [0.15, 0.2) is 9.84 Å². The molecular weight excluding hydrogens is 396 g/mol. The van der Waals surface area contributed by atoms with Gasteiger partial charge in [-0.25, -0.2) is 8.42 Å². The molecule has 0 unspecified atom stereocenters. The number of hydrogen-bond donors (Lipinski definition) is 2. The van der Waals surface area contributed by atoms with Gasteiger partial charge in [-0.15, -0.1) is 0 Å². The highest BCUT2D eigenvalue weighted by Crippen LogP contribution is 2.40. The van der Waals surface area contributed by atoms with Crippen molar-refractivity contribution in [3.05, 3.63) is 59.2 Å². The van der Waals surface area contributed by atoms with Gasteiger partial charge in [0.25, 0.3) is 0 Å². The van der Waals surface area contributed by atoms with E-state index in [0.29, 0.717) is 17.2 Å². The lowest BCUT2D eigenvalue weighted by molar-refractivity contribution is 0.294. The van der Waals surface area contributed by atoms with Crippen LogP contribution in [0.5, 0.6) is 5.75 Å².